The molecule has 2 aromatic carbocycles. The van der Waals surface area contributed by atoms with Gasteiger partial charge in [0.1, 0.15) is 0 Å². The lowest BCUT2D eigenvalue weighted by molar-refractivity contribution is -0.151. The molecule has 3 fully saturated rings. The van der Waals surface area contributed by atoms with Gasteiger partial charge in [0.15, 0.2) is 0 Å². The van der Waals surface area contributed by atoms with E-state index in [1.54, 1.807) is 18.5 Å². The molecule has 2 saturated heterocycles. The van der Waals surface area contributed by atoms with Crippen LogP contribution in [0.2, 0.25) is 0 Å². The zero-order valence-corrected chi connectivity index (χ0v) is 25.4. The zero-order valence-electron chi connectivity index (χ0n) is 25.4. The summed E-state index contributed by atoms with van der Waals surface area (Å²) in [5.41, 5.74) is 3.26. The molecular formula is C35H40F3N5O. The summed E-state index contributed by atoms with van der Waals surface area (Å²) in [6, 6.07) is 17.9. The van der Waals surface area contributed by atoms with Crippen molar-refractivity contribution < 1.29 is 18.0 Å². The van der Waals surface area contributed by atoms with Crippen LogP contribution in [0.15, 0.2) is 79.1 Å². The molecule has 9 heteroatoms. The predicted molar refractivity (Wildman–Crippen MR) is 167 cm³/mol. The van der Waals surface area contributed by atoms with Gasteiger partial charge in [-0.2, -0.15) is 13.2 Å². The molecule has 1 amide bonds. The fourth-order valence-electron chi connectivity index (χ4n) is 7.02. The van der Waals surface area contributed by atoms with Gasteiger partial charge in [-0.3, -0.25) is 14.7 Å². The topological polar surface area (TPSA) is 42.9 Å². The summed E-state index contributed by atoms with van der Waals surface area (Å²) in [6.45, 7) is 5.01. The number of nitrogens with zero attached hydrogens (tertiary/aromatic N) is 5. The van der Waals surface area contributed by atoms with E-state index < -0.39 is 11.7 Å². The first-order chi connectivity index (χ1) is 21.1. The van der Waals surface area contributed by atoms with Gasteiger partial charge in [0, 0.05) is 68.6 Å². The second-order valence-electron chi connectivity index (χ2n) is 12.9. The van der Waals surface area contributed by atoms with Crippen LogP contribution >= 0.6 is 0 Å². The Balaban J connectivity index is 1.13. The van der Waals surface area contributed by atoms with Gasteiger partial charge in [0.2, 0.25) is 5.91 Å². The number of hydrogen-bond acceptors (Lipinski definition) is 5. The Morgan fingerprint density at radius 2 is 1.57 bits per heavy atom. The highest BCUT2D eigenvalue weighted by Crippen LogP contribution is 2.51. The summed E-state index contributed by atoms with van der Waals surface area (Å²) in [7, 11) is 4.20. The van der Waals surface area contributed by atoms with E-state index in [-0.39, 0.29) is 11.9 Å². The molecule has 6 rings (SSSR count). The number of hydrogen-bond donors (Lipinski definition) is 0. The lowest BCUT2D eigenvalue weighted by Crippen LogP contribution is -2.69. The van der Waals surface area contributed by atoms with Gasteiger partial charge >= 0.3 is 6.18 Å². The summed E-state index contributed by atoms with van der Waals surface area (Å²) in [6.07, 6.45) is 6.68. The van der Waals surface area contributed by atoms with Crippen LogP contribution in [0, 0.1) is 5.41 Å². The largest absolute Gasteiger partial charge is 0.416 e. The van der Waals surface area contributed by atoms with Crippen LogP contribution in [-0.2, 0) is 17.5 Å². The van der Waals surface area contributed by atoms with Crippen molar-refractivity contribution in [3.8, 4) is 0 Å². The van der Waals surface area contributed by atoms with Crippen LogP contribution in [0.25, 0.3) is 6.08 Å². The van der Waals surface area contributed by atoms with Gasteiger partial charge in [-0.1, -0.05) is 24.3 Å². The molecule has 0 unspecified atom stereocenters. The molecule has 3 aromatic rings. The normalized spacial score (nSPS) is 19.6. The second kappa shape index (κ2) is 12.4. The molecule has 1 aromatic heterocycles. The summed E-state index contributed by atoms with van der Waals surface area (Å²) < 4.78 is 39.0. The minimum atomic E-state index is -4.39. The van der Waals surface area contributed by atoms with Crippen molar-refractivity contribution in [3.63, 3.8) is 0 Å². The number of likely N-dealkylation sites (tertiary alicyclic amines) is 2. The molecule has 0 N–H and O–H groups in total. The summed E-state index contributed by atoms with van der Waals surface area (Å²) in [5, 5.41) is 0. The Kier molecular flexibility index (Phi) is 8.53. The third-order valence-electron chi connectivity index (χ3n) is 9.73. The summed E-state index contributed by atoms with van der Waals surface area (Å²) in [4.78, 5) is 26.8. The Labute approximate surface area is 257 Å². The molecule has 1 aliphatic carbocycles. The van der Waals surface area contributed by atoms with E-state index in [1.165, 1.54) is 31.1 Å². The highest BCUT2D eigenvalue weighted by atomic mass is 19.4. The smallest absolute Gasteiger partial charge is 0.345 e. The van der Waals surface area contributed by atoms with Crippen molar-refractivity contribution in [2.24, 2.45) is 5.41 Å². The first-order valence-corrected chi connectivity index (χ1v) is 15.4. The van der Waals surface area contributed by atoms with Gasteiger partial charge in [0.25, 0.3) is 0 Å². The lowest BCUT2D eigenvalue weighted by atomic mass is 9.59. The maximum atomic E-state index is 13.6. The van der Waals surface area contributed by atoms with E-state index in [9.17, 15) is 18.0 Å². The standard InChI is InChI=1S/C35H40F3N5O/c1-40-19-15-31(16-20-40)42-24-34(25-42)21-32(22-34)43(33(44)12-7-26-3-8-28(9-4-26)35(36,37)38)23-27-5-10-29(11-6-27)41(2)30-13-17-39-18-14-30/h3-14,17-18,31-32H,15-16,19-25H2,1-2H3/b12-7+. The average molecular weight is 604 g/mol. The van der Waals surface area contributed by atoms with Crippen molar-refractivity contribution in [1.82, 2.24) is 19.7 Å². The van der Waals surface area contributed by atoms with Gasteiger partial charge < -0.3 is 14.7 Å². The minimum Gasteiger partial charge on any atom is -0.345 e. The Hall–Kier alpha value is -3.69. The second-order valence-corrected chi connectivity index (χ2v) is 12.9. The van der Waals surface area contributed by atoms with Gasteiger partial charge in [-0.15, -0.1) is 0 Å². The molecule has 44 heavy (non-hydrogen) atoms. The Morgan fingerprint density at radius 3 is 2.18 bits per heavy atom. The number of carbonyl (C=O) groups is 1. The van der Waals surface area contributed by atoms with E-state index in [4.69, 9.17) is 0 Å². The van der Waals surface area contributed by atoms with Crippen molar-refractivity contribution in [2.45, 2.75) is 50.5 Å². The predicted octanol–water partition coefficient (Wildman–Crippen LogP) is 6.47. The third kappa shape index (κ3) is 6.69. The van der Waals surface area contributed by atoms with E-state index in [0.29, 0.717) is 23.6 Å². The first kappa shape index (κ1) is 30.3. The molecule has 0 radical (unpaired) electrons. The number of aromatic nitrogens is 1. The molecule has 3 heterocycles. The minimum absolute atomic E-state index is 0.116. The van der Waals surface area contributed by atoms with Crippen LogP contribution in [0.3, 0.4) is 0 Å². The van der Waals surface area contributed by atoms with Crippen molar-refractivity contribution >= 4 is 23.4 Å². The number of rotatable bonds is 8. The molecular weight excluding hydrogens is 563 g/mol. The number of pyridine rings is 1. The highest BCUT2D eigenvalue weighted by molar-refractivity contribution is 5.92. The highest BCUT2D eigenvalue weighted by Gasteiger charge is 2.55. The zero-order chi connectivity index (χ0) is 30.9. The molecule has 1 saturated carbocycles. The Bertz CT molecular complexity index is 1440. The number of alkyl halides is 3. The van der Waals surface area contributed by atoms with E-state index in [1.807, 2.05) is 24.1 Å². The maximum absolute atomic E-state index is 13.6. The van der Waals surface area contributed by atoms with Crippen molar-refractivity contribution in [3.05, 3.63) is 95.8 Å². The number of piperidine rings is 1. The number of benzene rings is 2. The molecule has 232 valence electrons. The van der Waals surface area contributed by atoms with Crippen LogP contribution in [-0.4, -0.2) is 77.9 Å². The Morgan fingerprint density at radius 1 is 0.955 bits per heavy atom. The molecule has 3 aliphatic rings. The molecule has 0 bridgehead atoms. The summed E-state index contributed by atoms with van der Waals surface area (Å²) in [5.74, 6) is -0.116. The average Bonchev–Trinajstić information content (AvgIpc) is 2.99. The van der Waals surface area contributed by atoms with Gasteiger partial charge in [0.05, 0.1) is 5.56 Å². The van der Waals surface area contributed by atoms with Gasteiger partial charge in [-0.05, 0) is 105 Å². The fourth-order valence-corrected chi connectivity index (χ4v) is 7.02. The van der Waals surface area contributed by atoms with Gasteiger partial charge in [-0.25, -0.2) is 0 Å². The van der Waals surface area contributed by atoms with Crippen molar-refractivity contribution in [1.29, 1.82) is 0 Å². The van der Waals surface area contributed by atoms with Crippen LogP contribution in [0.4, 0.5) is 24.5 Å². The fraction of sp³-hybridized carbons (Fsp3) is 0.429. The maximum Gasteiger partial charge on any atom is 0.416 e. The molecule has 1 spiro atoms. The first-order valence-electron chi connectivity index (χ1n) is 15.4. The summed E-state index contributed by atoms with van der Waals surface area (Å²) >= 11 is 0. The number of halogens is 3. The quantitative estimate of drug-likeness (QED) is 0.276. The van der Waals surface area contributed by atoms with E-state index >= 15 is 0 Å². The van der Waals surface area contributed by atoms with E-state index in [2.05, 4.69) is 51.0 Å². The molecule has 0 atom stereocenters. The lowest BCUT2D eigenvalue weighted by Gasteiger charge is -2.63. The number of carbonyl (C=O) groups excluding carboxylic acids is 1. The third-order valence-corrected chi connectivity index (χ3v) is 9.73. The molecule has 2 aliphatic heterocycles. The SMILES string of the molecule is CN1CCC(N2CC3(CC(N(Cc4ccc(N(C)c5ccncc5)cc4)C(=O)/C=C/c4ccc(C(F)(F)F)cc4)C3)C2)CC1. The molecule has 6 nitrogen and oxygen atoms in total. The van der Waals surface area contributed by atoms with Crippen LogP contribution in [0.1, 0.15) is 42.4 Å². The van der Waals surface area contributed by atoms with Crippen molar-refractivity contribution in [2.75, 3.05) is 45.2 Å². The van der Waals surface area contributed by atoms with Crippen LogP contribution in [0.5, 0.6) is 0 Å². The monoisotopic (exact) mass is 603 g/mol. The number of amides is 1. The van der Waals surface area contributed by atoms with Crippen LogP contribution < -0.4 is 4.90 Å². The van der Waals surface area contributed by atoms with E-state index in [0.717, 1.165) is 68.1 Å². The number of anilines is 2.